The van der Waals surface area contributed by atoms with Crippen molar-refractivity contribution in [3.05, 3.63) is 76.7 Å². The summed E-state index contributed by atoms with van der Waals surface area (Å²) in [7, 11) is 0. The van der Waals surface area contributed by atoms with Crippen LogP contribution < -0.4 is 0 Å². The number of nitrogens with zero attached hydrogens (tertiary/aromatic N) is 3. The molecule has 2 fully saturated rings. The van der Waals surface area contributed by atoms with Crippen LogP contribution in [-0.4, -0.2) is 44.5 Å². The Morgan fingerprint density at radius 2 is 1.74 bits per heavy atom. The number of hydrogen-bond acceptors (Lipinski definition) is 4. The zero-order valence-corrected chi connectivity index (χ0v) is 24.8. The van der Waals surface area contributed by atoms with Crippen molar-refractivity contribution in [3.8, 4) is 22.5 Å². The highest BCUT2D eigenvalue weighted by atomic mass is 32.1. The minimum absolute atomic E-state index is 0.106. The number of thiophene rings is 1. The SMILES string of the molecule is Cc1ccccc1-c1ccc2cc(-c3c(C4CCCCC4)c4sc(C(=O)O)cc4n3CC(=O)N3CCCC3)ccc2n1. The molecule has 3 aromatic heterocycles. The Hall–Kier alpha value is -3.97. The van der Waals surface area contributed by atoms with Gasteiger partial charge in [-0.3, -0.25) is 4.79 Å². The van der Waals surface area contributed by atoms with Crippen molar-refractivity contribution in [2.75, 3.05) is 13.1 Å². The molecule has 0 spiro atoms. The number of fused-ring (bicyclic) bond motifs is 2. The van der Waals surface area contributed by atoms with Crippen LogP contribution in [0.5, 0.6) is 0 Å². The van der Waals surface area contributed by atoms with Gasteiger partial charge in [-0.25, -0.2) is 9.78 Å². The van der Waals surface area contributed by atoms with Gasteiger partial charge in [0.25, 0.3) is 0 Å². The molecule has 0 radical (unpaired) electrons. The second-order valence-electron chi connectivity index (χ2n) is 11.8. The van der Waals surface area contributed by atoms with E-state index in [1.165, 1.54) is 41.7 Å². The zero-order valence-electron chi connectivity index (χ0n) is 23.9. The number of carbonyl (C=O) groups excluding carboxylic acids is 1. The molecule has 7 rings (SSSR count). The number of aromatic carboxylic acids is 1. The van der Waals surface area contributed by atoms with Gasteiger partial charge in [0.1, 0.15) is 11.4 Å². The molecule has 214 valence electrons. The van der Waals surface area contributed by atoms with E-state index in [4.69, 9.17) is 4.98 Å². The van der Waals surface area contributed by atoms with Crippen LogP contribution in [0, 0.1) is 6.92 Å². The number of benzene rings is 2. The van der Waals surface area contributed by atoms with Crippen molar-refractivity contribution in [1.82, 2.24) is 14.5 Å². The molecule has 7 heteroatoms. The molecule has 4 heterocycles. The average molecular weight is 578 g/mol. The number of hydrogen-bond donors (Lipinski definition) is 1. The number of pyridine rings is 1. The van der Waals surface area contributed by atoms with Crippen molar-refractivity contribution < 1.29 is 14.7 Å². The van der Waals surface area contributed by atoms with Gasteiger partial charge in [0.2, 0.25) is 5.91 Å². The Labute approximate surface area is 249 Å². The number of aromatic nitrogens is 2. The molecule has 0 unspecified atom stereocenters. The molecule has 5 aromatic rings. The largest absolute Gasteiger partial charge is 0.477 e. The standard InChI is InChI=1S/C35H35N3O3S/c1-22-9-5-6-12-26(22)28-16-13-24-19-25(14-15-27(24)36-28)33-32(23-10-3-2-4-11-23)34-29(20-30(42-34)35(40)41)38(33)21-31(39)37-17-7-8-18-37/h5-6,9,12-16,19-20,23H,2-4,7-8,10-11,17-18,21H2,1H3,(H,40,41). The normalized spacial score (nSPS) is 16.1. The van der Waals surface area contributed by atoms with Crippen LogP contribution >= 0.6 is 11.3 Å². The Morgan fingerprint density at radius 1 is 0.952 bits per heavy atom. The molecule has 2 aliphatic rings. The maximum Gasteiger partial charge on any atom is 0.345 e. The molecule has 6 nitrogen and oxygen atoms in total. The molecule has 1 amide bonds. The van der Waals surface area contributed by atoms with Gasteiger partial charge in [0.15, 0.2) is 0 Å². The highest BCUT2D eigenvalue weighted by molar-refractivity contribution is 7.21. The molecule has 42 heavy (non-hydrogen) atoms. The molecule has 0 atom stereocenters. The predicted octanol–water partition coefficient (Wildman–Crippen LogP) is 8.26. The van der Waals surface area contributed by atoms with Gasteiger partial charge >= 0.3 is 5.97 Å². The summed E-state index contributed by atoms with van der Waals surface area (Å²) in [6.07, 6.45) is 7.82. The first-order valence-electron chi connectivity index (χ1n) is 15.1. The molecule has 1 aliphatic heterocycles. The van der Waals surface area contributed by atoms with E-state index in [-0.39, 0.29) is 12.5 Å². The second-order valence-corrected chi connectivity index (χ2v) is 12.9. The highest BCUT2D eigenvalue weighted by Crippen LogP contribution is 2.47. The molecule has 1 N–H and O–H groups in total. The molecular formula is C35H35N3O3S. The Balaban J connectivity index is 1.40. The second kappa shape index (κ2) is 11.0. The Morgan fingerprint density at radius 3 is 2.50 bits per heavy atom. The third-order valence-corrected chi connectivity index (χ3v) is 10.3. The minimum atomic E-state index is -0.911. The summed E-state index contributed by atoms with van der Waals surface area (Å²) < 4.78 is 3.15. The van der Waals surface area contributed by atoms with Crippen LogP contribution in [0.15, 0.2) is 60.7 Å². The summed E-state index contributed by atoms with van der Waals surface area (Å²) in [4.78, 5) is 32.9. The van der Waals surface area contributed by atoms with E-state index in [2.05, 4.69) is 54.0 Å². The summed E-state index contributed by atoms with van der Waals surface area (Å²) in [5.74, 6) is -0.461. The van der Waals surface area contributed by atoms with Crippen molar-refractivity contribution in [2.45, 2.75) is 64.3 Å². The fourth-order valence-corrected chi connectivity index (χ4v) is 8.11. The van der Waals surface area contributed by atoms with Crippen LogP contribution in [0.25, 0.3) is 43.6 Å². The third-order valence-electron chi connectivity index (χ3n) is 9.13. The van der Waals surface area contributed by atoms with Gasteiger partial charge in [-0.1, -0.05) is 55.7 Å². The minimum Gasteiger partial charge on any atom is -0.477 e. The lowest BCUT2D eigenvalue weighted by molar-refractivity contribution is -0.130. The van der Waals surface area contributed by atoms with E-state index in [0.717, 1.165) is 82.4 Å². The van der Waals surface area contributed by atoms with E-state index in [1.807, 2.05) is 17.0 Å². The van der Waals surface area contributed by atoms with E-state index in [1.54, 1.807) is 6.07 Å². The predicted molar refractivity (Wildman–Crippen MR) is 169 cm³/mol. The van der Waals surface area contributed by atoms with Crippen LogP contribution in [-0.2, 0) is 11.3 Å². The van der Waals surface area contributed by atoms with E-state index in [0.29, 0.717) is 10.8 Å². The van der Waals surface area contributed by atoms with Gasteiger partial charge in [-0.15, -0.1) is 11.3 Å². The number of carbonyl (C=O) groups is 2. The van der Waals surface area contributed by atoms with Gasteiger partial charge in [-0.2, -0.15) is 0 Å². The summed E-state index contributed by atoms with van der Waals surface area (Å²) in [6, 6.07) is 20.7. The first-order chi connectivity index (χ1) is 20.5. The van der Waals surface area contributed by atoms with E-state index >= 15 is 0 Å². The van der Waals surface area contributed by atoms with Crippen LogP contribution in [0.2, 0.25) is 0 Å². The summed E-state index contributed by atoms with van der Waals surface area (Å²) >= 11 is 1.36. The number of amides is 1. The number of carboxylic acids is 1. The summed E-state index contributed by atoms with van der Waals surface area (Å²) in [6.45, 7) is 3.92. The molecular weight excluding hydrogens is 542 g/mol. The molecule has 0 bridgehead atoms. The highest BCUT2D eigenvalue weighted by Gasteiger charge is 2.30. The number of likely N-dealkylation sites (tertiary alicyclic amines) is 1. The van der Waals surface area contributed by atoms with Crippen molar-refractivity contribution in [1.29, 1.82) is 0 Å². The number of aryl methyl sites for hydroxylation is 1. The lowest BCUT2D eigenvalue weighted by Gasteiger charge is -2.24. The average Bonchev–Trinajstić information content (AvgIpc) is 3.75. The molecule has 1 aliphatic carbocycles. The maximum absolute atomic E-state index is 13.6. The van der Waals surface area contributed by atoms with Gasteiger partial charge in [-0.05, 0) is 79.5 Å². The third kappa shape index (κ3) is 4.79. The zero-order chi connectivity index (χ0) is 28.8. The Kier molecular flexibility index (Phi) is 7.06. The van der Waals surface area contributed by atoms with Crippen LogP contribution in [0.3, 0.4) is 0 Å². The fourth-order valence-electron chi connectivity index (χ4n) is 6.98. The number of carboxylic acid groups (broad SMARTS) is 1. The van der Waals surface area contributed by atoms with Gasteiger partial charge in [0.05, 0.1) is 27.1 Å². The van der Waals surface area contributed by atoms with Crippen LogP contribution in [0.4, 0.5) is 0 Å². The molecule has 2 aromatic carbocycles. The quantitative estimate of drug-likeness (QED) is 0.220. The van der Waals surface area contributed by atoms with E-state index in [9.17, 15) is 14.7 Å². The maximum atomic E-state index is 13.6. The lowest BCUT2D eigenvalue weighted by atomic mass is 9.83. The van der Waals surface area contributed by atoms with Gasteiger partial charge < -0.3 is 14.6 Å². The number of rotatable bonds is 6. The summed E-state index contributed by atoms with van der Waals surface area (Å²) in [5, 5.41) is 10.9. The summed E-state index contributed by atoms with van der Waals surface area (Å²) in [5.41, 5.74) is 8.43. The first-order valence-corrected chi connectivity index (χ1v) is 15.9. The van der Waals surface area contributed by atoms with Crippen molar-refractivity contribution in [2.24, 2.45) is 0 Å². The van der Waals surface area contributed by atoms with Crippen LogP contribution in [0.1, 0.15) is 71.7 Å². The Bertz CT molecular complexity index is 1820. The molecule has 1 saturated heterocycles. The van der Waals surface area contributed by atoms with Gasteiger partial charge in [0, 0.05) is 24.0 Å². The topological polar surface area (TPSA) is 75.4 Å². The van der Waals surface area contributed by atoms with E-state index < -0.39 is 5.97 Å². The fraction of sp³-hybridized carbons (Fsp3) is 0.343. The lowest BCUT2D eigenvalue weighted by Crippen LogP contribution is -2.31. The first kappa shape index (κ1) is 26.9. The monoisotopic (exact) mass is 577 g/mol. The van der Waals surface area contributed by atoms with Crippen molar-refractivity contribution in [3.63, 3.8) is 0 Å². The smallest absolute Gasteiger partial charge is 0.345 e. The van der Waals surface area contributed by atoms with Crippen molar-refractivity contribution >= 4 is 44.3 Å². The molecule has 1 saturated carbocycles.